The average Bonchev–Trinajstić information content (AvgIpc) is 2.17. The Balaban J connectivity index is 3.01. The minimum absolute atomic E-state index is 0.0875. The van der Waals surface area contributed by atoms with E-state index in [1.807, 2.05) is 6.92 Å². The predicted octanol–water partition coefficient (Wildman–Crippen LogP) is 1.84. The van der Waals surface area contributed by atoms with E-state index in [0.717, 1.165) is 30.8 Å². The Morgan fingerprint density at radius 2 is 2.07 bits per heavy atom. The molecule has 0 bridgehead atoms. The first kappa shape index (κ1) is 13.8. The van der Waals surface area contributed by atoms with Crippen LogP contribution in [0.1, 0.15) is 32.6 Å². The van der Waals surface area contributed by atoms with Gasteiger partial charge >= 0.3 is 5.97 Å². The van der Waals surface area contributed by atoms with Crippen LogP contribution in [0.2, 0.25) is 0 Å². The molecule has 0 aliphatic heterocycles. The standard InChI is InChI=1S/C10H20O3S/c1-2-13-10(12)6-4-3-5-8-14-9-7-11/h11H,2-9H2,1H3. The largest absolute Gasteiger partial charge is 0.466 e. The van der Waals surface area contributed by atoms with Gasteiger partial charge in [-0.3, -0.25) is 4.79 Å². The minimum Gasteiger partial charge on any atom is -0.466 e. The number of aliphatic hydroxyl groups excluding tert-OH is 1. The summed E-state index contributed by atoms with van der Waals surface area (Å²) < 4.78 is 4.81. The van der Waals surface area contributed by atoms with Crippen molar-refractivity contribution in [3.05, 3.63) is 0 Å². The van der Waals surface area contributed by atoms with Crippen LogP contribution in [-0.4, -0.2) is 35.8 Å². The molecule has 0 aliphatic carbocycles. The maximum atomic E-state index is 10.9. The van der Waals surface area contributed by atoms with Crippen molar-refractivity contribution in [2.45, 2.75) is 32.6 Å². The van der Waals surface area contributed by atoms with Crippen molar-refractivity contribution in [1.82, 2.24) is 0 Å². The van der Waals surface area contributed by atoms with Crippen LogP contribution in [0.5, 0.6) is 0 Å². The van der Waals surface area contributed by atoms with Gasteiger partial charge in [-0.1, -0.05) is 6.42 Å². The van der Waals surface area contributed by atoms with E-state index in [1.54, 1.807) is 11.8 Å². The lowest BCUT2D eigenvalue weighted by Crippen LogP contribution is -2.03. The van der Waals surface area contributed by atoms with Gasteiger partial charge in [0.1, 0.15) is 0 Å². The first-order valence-electron chi connectivity index (χ1n) is 5.15. The van der Waals surface area contributed by atoms with Crippen LogP contribution in [0, 0.1) is 0 Å². The summed E-state index contributed by atoms with van der Waals surface area (Å²) in [6.07, 6.45) is 3.64. The lowest BCUT2D eigenvalue weighted by Gasteiger charge is -2.01. The number of thioether (sulfide) groups is 1. The molecule has 3 nitrogen and oxygen atoms in total. The summed E-state index contributed by atoms with van der Waals surface area (Å²) in [7, 11) is 0. The molecule has 1 N–H and O–H groups in total. The highest BCUT2D eigenvalue weighted by Crippen LogP contribution is 2.07. The molecule has 0 radical (unpaired) electrons. The van der Waals surface area contributed by atoms with Crippen LogP contribution in [0.15, 0.2) is 0 Å². The zero-order chi connectivity index (χ0) is 10.6. The van der Waals surface area contributed by atoms with Gasteiger partial charge in [-0.2, -0.15) is 11.8 Å². The smallest absolute Gasteiger partial charge is 0.305 e. The fourth-order valence-corrected chi connectivity index (χ4v) is 1.79. The lowest BCUT2D eigenvalue weighted by molar-refractivity contribution is -0.143. The Hall–Kier alpha value is -0.220. The summed E-state index contributed by atoms with van der Waals surface area (Å²) in [6.45, 7) is 2.56. The highest BCUT2D eigenvalue weighted by Gasteiger charge is 2.00. The fraction of sp³-hybridized carbons (Fsp3) is 0.900. The molecule has 0 amide bonds. The van der Waals surface area contributed by atoms with Gasteiger partial charge in [0.25, 0.3) is 0 Å². The number of unbranched alkanes of at least 4 members (excludes halogenated alkanes) is 2. The van der Waals surface area contributed by atoms with Gasteiger partial charge in [0.05, 0.1) is 13.2 Å². The molecule has 0 aromatic heterocycles. The molecule has 0 spiro atoms. The van der Waals surface area contributed by atoms with Crippen molar-refractivity contribution in [3.8, 4) is 0 Å². The van der Waals surface area contributed by atoms with Gasteiger partial charge in [-0.15, -0.1) is 0 Å². The molecule has 0 unspecified atom stereocenters. The maximum absolute atomic E-state index is 10.9. The van der Waals surface area contributed by atoms with Crippen LogP contribution in [-0.2, 0) is 9.53 Å². The van der Waals surface area contributed by atoms with Crippen LogP contribution >= 0.6 is 11.8 Å². The summed E-state index contributed by atoms with van der Waals surface area (Å²) >= 11 is 1.76. The van der Waals surface area contributed by atoms with E-state index in [9.17, 15) is 4.79 Å². The Labute approximate surface area is 90.2 Å². The van der Waals surface area contributed by atoms with E-state index < -0.39 is 0 Å². The van der Waals surface area contributed by atoms with E-state index >= 15 is 0 Å². The monoisotopic (exact) mass is 220 g/mol. The molecule has 0 aromatic rings. The number of carbonyl (C=O) groups excluding carboxylic acids is 1. The number of carbonyl (C=O) groups is 1. The SMILES string of the molecule is CCOC(=O)CCCCCSCCO. The topological polar surface area (TPSA) is 46.5 Å². The number of esters is 1. The van der Waals surface area contributed by atoms with Crippen molar-refractivity contribution < 1.29 is 14.6 Å². The second kappa shape index (κ2) is 10.9. The zero-order valence-electron chi connectivity index (χ0n) is 8.83. The van der Waals surface area contributed by atoms with E-state index in [0.29, 0.717) is 13.0 Å². The van der Waals surface area contributed by atoms with E-state index in [1.165, 1.54) is 0 Å². The third-order valence-corrected chi connectivity index (χ3v) is 2.76. The summed E-state index contributed by atoms with van der Waals surface area (Å²) in [4.78, 5) is 10.9. The van der Waals surface area contributed by atoms with E-state index in [-0.39, 0.29) is 12.6 Å². The molecule has 4 heteroatoms. The number of ether oxygens (including phenoxy) is 1. The van der Waals surface area contributed by atoms with Crippen LogP contribution in [0.3, 0.4) is 0 Å². The molecule has 0 fully saturated rings. The summed E-state index contributed by atoms with van der Waals surface area (Å²) in [5.41, 5.74) is 0. The predicted molar refractivity (Wildman–Crippen MR) is 59.5 cm³/mol. The first-order valence-corrected chi connectivity index (χ1v) is 6.31. The van der Waals surface area contributed by atoms with Crippen LogP contribution in [0.4, 0.5) is 0 Å². The average molecular weight is 220 g/mol. The quantitative estimate of drug-likeness (QED) is 0.476. The Morgan fingerprint density at radius 3 is 2.71 bits per heavy atom. The van der Waals surface area contributed by atoms with Crippen molar-refractivity contribution in [2.24, 2.45) is 0 Å². The van der Waals surface area contributed by atoms with Gasteiger partial charge in [0, 0.05) is 12.2 Å². The molecule has 0 rings (SSSR count). The van der Waals surface area contributed by atoms with Crippen LogP contribution in [0.25, 0.3) is 0 Å². The molecular weight excluding hydrogens is 200 g/mol. The molecule has 0 saturated carbocycles. The van der Waals surface area contributed by atoms with E-state index in [4.69, 9.17) is 9.84 Å². The van der Waals surface area contributed by atoms with Gasteiger partial charge in [0.15, 0.2) is 0 Å². The van der Waals surface area contributed by atoms with Gasteiger partial charge in [-0.25, -0.2) is 0 Å². The summed E-state index contributed by atoms with van der Waals surface area (Å²) in [6, 6.07) is 0. The molecular formula is C10H20O3S. The third kappa shape index (κ3) is 9.86. The molecule has 0 heterocycles. The Bertz CT molecular complexity index is 139. The molecule has 0 saturated heterocycles. The Morgan fingerprint density at radius 1 is 1.29 bits per heavy atom. The fourth-order valence-electron chi connectivity index (χ4n) is 1.05. The molecule has 14 heavy (non-hydrogen) atoms. The van der Waals surface area contributed by atoms with Crippen molar-refractivity contribution in [1.29, 1.82) is 0 Å². The van der Waals surface area contributed by atoms with Crippen LogP contribution < -0.4 is 0 Å². The number of aliphatic hydroxyl groups is 1. The second-order valence-electron chi connectivity index (χ2n) is 2.95. The molecule has 0 atom stereocenters. The first-order chi connectivity index (χ1) is 6.81. The molecule has 84 valence electrons. The number of rotatable bonds is 9. The molecule has 0 aliphatic rings. The van der Waals surface area contributed by atoms with Gasteiger partial charge < -0.3 is 9.84 Å². The summed E-state index contributed by atoms with van der Waals surface area (Å²) in [5.74, 6) is 1.80. The van der Waals surface area contributed by atoms with E-state index in [2.05, 4.69) is 0 Å². The third-order valence-electron chi connectivity index (χ3n) is 1.71. The van der Waals surface area contributed by atoms with Crippen molar-refractivity contribution >= 4 is 17.7 Å². The summed E-state index contributed by atoms with van der Waals surface area (Å²) in [5, 5.41) is 8.52. The van der Waals surface area contributed by atoms with Gasteiger partial charge in [0.2, 0.25) is 0 Å². The minimum atomic E-state index is -0.0875. The maximum Gasteiger partial charge on any atom is 0.305 e. The normalized spacial score (nSPS) is 10.1. The highest BCUT2D eigenvalue weighted by atomic mass is 32.2. The number of hydrogen-bond donors (Lipinski definition) is 1. The van der Waals surface area contributed by atoms with Crippen molar-refractivity contribution in [2.75, 3.05) is 24.7 Å². The zero-order valence-corrected chi connectivity index (χ0v) is 9.65. The highest BCUT2D eigenvalue weighted by molar-refractivity contribution is 7.99. The van der Waals surface area contributed by atoms with Gasteiger partial charge in [-0.05, 0) is 25.5 Å². The Kier molecular flexibility index (Phi) is 10.7. The number of hydrogen-bond acceptors (Lipinski definition) is 4. The lowest BCUT2D eigenvalue weighted by atomic mass is 10.2. The molecule has 0 aromatic carbocycles. The second-order valence-corrected chi connectivity index (χ2v) is 4.18. The van der Waals surface area contributed by atoms with Crippen molar-refractivity contribution in [3.63, 3.8) is 0 Å².